The molecule has 2 aromatic carbocycles. The Kier molecular flexibility index (Phi) is 7.50. The number of hydrogen-bond donors (Lipinski definition) is 0. The minimum Gasteiger partial charge on any atom is -0.484 e. The first-order valence-corrected chi connectivity index (χ1v) is 12.1. The van der Waals surface area contributed by atoms with Gasteiger partial charge >= 0.3 is 0 Å². The quantitative estimate of drug-likeness (QED) is 0.619. The van der Waals surface area contributed by atoms with Crippen LogP contribution >= 0.6 is 0 Å². The third-order valence-electron chi connectivity index (χ3n) is 5.30. The van der Waals surface area contributed by atoms with Gasteiger partial charge in [0, 0.05) is 26.2 Å². The number of ether oxygens (including phenoxy) is 1. The first-order valence-electron chi connectivity index (χ1n) is 10.2. The summed E-state index contributed by atoms with van der Waals surface area (Å²) in [6.07, 6.45) is 1.12. The summed E-state index contributed by atoms with van der Waals surface area (Å²) in [7, 11) is -3.55. The van der Waals surface area contributed by atoms with Crippen LogP contribution in [0.4, 0.5) is 10.1 Å². The SMILES string of the molecule is CCN1CCN(C(=O)COc2ccc(N(Cc3ccc(F)cc3)S(C)(=O)=O)cc2)CC1. The number of rotatable bonds is 8. The zero-order chi connectivity index (χ0) is 22.4. The van der Waals surface area contributed by atoms with Crippen LogP contribution in [0.3, 0.4) is 0 Å². The second-order valence-electron chi connectivity index (χ2n) is 7.49. The third-order valence-corrected chi connectivity index (χ3v) is 6.44. The third kappa shape index (κ3) is 6.41. The van der Waals surface area contributed by atoms with Crippen LogP contribution in [0, 0.1) is 5.82 Å². The summed E-state index contributed by atoms with van der Waals surface area (Å²) in [5.41, 5.74) is 1.13. The lowest BCUT2D eigenvalue weighted by Gasteiger charge is -2.33. The first kappa shape index (κ1) is 23.0. The fraction of sp³-hybridized carbons (Fsp3) is 0.409. The van der Waals surface area contributed by atoms with Gasteiger partial charge in [-0.1, -0.05) is 19.1 Å². The molecule has 1 aliphatic rings. The number of carbonyl (C=O) groups excluding carboxylic acids is 1. The molecule has 0 aliphatic carbocycles. The molecule has 0 N–H and O–H groups in total. The Morgan fingerprint density at radius 1 is 1.03 bits per heavy atom. The van der Waals surface area contributed by atoms with Crippen molar-refractivity contribution >= 4 is 21.6 Å². The van der Waals surface area contributed by atoms with E-state index in [1.54, 1.807) is 41.3 Å². The summed E-state index contributed by atoms with van der Waals surface area (Å²) in [5.74, 6) is 0.0476. The molecule has 168 valence electrons. The zero-order valence-electron chi connectivity index (χ0n) is 17.8. The van der Waals surface area contributed by atoms with Crippen molar-refractivity contribution in [1.82, 2.24) is 9.80 Å². The monoisotopic (exact) mass is 449 g/mol. The van der Waals surface area contributed by atoms with Crippen LogP contribution in [0.25, 0.3) is 0 Å². The molecule has 0 unspecified atom stereocenters. The lowest BCUT2D eigenvalue weighted by Crippen LogP contribution is -2.49. The Morgan fingerprint density at radius 3 is 2.19 bits per heavy atom. The van der Waals surface area contributed by atoms with E-state index in [0.717, 1.165) is 25.9 Å². The number of halogens is 1. The van der Waals surface area contributed by atoms with E-state index < -0.39 is 10.0 Å². The largest absolute Gasteiger partial charge is 0.484 e. The molecule has 0 aromatic heterocycles. The summed E-state index contributed by atoms with van der Waals surface area (Å²) >= 11 is 0. The van der Waals surface area contributed by atoms with Crippen molar-refractivity contribution in [2.45, 2.75) is 13.5 Å². The molecule has 1 aliphatic heterocycles. The minimum atomic E-state index is -3.55. The van der Waals surface area contributed by atoms with Gasteiger partial charge in [0.15, 0.2) is 6.61 Å². The lowest BCUT2D eigenvalue weighted by molar-refractivity contribution is -0.135. The Bertz CT molecular complexity index is 973. The summed E-state index contributed by atoms with van der Waals surface area (Å²) in [6, 6.07) is 12.2. The highest BCUT2D eigenvalue weighted by molar-refractivity contribution is 7.92. The Labute approximate surface area is 183 Å². The highest BCUT2D eigenvalue weighted by atomic mass is 32.2. The number of sulfonamides is 1. The van der Waals surface area contributed by atoms with Gasteiger partial charge in [0.05, 0.1) is 18.5 Å². The van der Waals surface area contributed by atoms with Gasteiger partial charge in [0.2, 0.25) is 10.0 Å². The topological polar surface area (TPSA) is 70.2 Å². The van der Waals surface area contributed by atoms with Crippen LogP contribution in [0.1, 0.15) is 12.5 Å². The van der Waals surface area contributed by atoms with E-state index in [9.17, 15) is 17.6 Å². The number of likely N-dealkylation sites (N-methyl/N-ethyl adjacent to an activating group) is 1. The number of hydrogen-bond acceptors (Lipinski definition) is 5. The van der Waals surface area contributed by atoms with Crippen molar-refractivity contribution in [3.63, 3.8) is 0 Å². The molecule has 1 amide bonds. The molecule has 2 aromatic rings. The van der Waals surface area contributed by atoms with E-state index >= 15 is 0 Å². The molecular formula is C22H28FN3O4S. The highest BCUT2D eigenvalue weighted by Crippen LogP contribution is 2.24. The normalized spacial score (nSPS) is 15.0. The number of piperazine rings is 1. The maximum Gasteiger partial charge on any atom is 0.260 e. The van der Waals surface area contributed by atoms with E-state index in [-0.39, 0.29) is 24.9 Å². The average molecular weight is 450 g/mol. The Hall–Kier alpha value is -2.65. The molecule has 1 fully saturated rings. The second kappa shape index (κ2) is 10.1. The maximum atomic E-state index is 13.1. The fourth-order valence-corrected chi connectivity index (χ4v) is 4.30. The highest BCUT2D eigenvalue weighted by Gasteiger charge is 2.21. The van der Waals surface area contributed by atoms with Gasteiger partial charge < -0.3 is 14.5 Å². The van der Waals surface area contributed by atoms with Crippen molar-refractivity contribution in [2.24, 2.45) is 0 Å². The first-order chi connectivity index (χ1) is 14.8. The molecular weight excluding hydrogens is 421 g/mol. The lowest BCUT2D eigenvalue weighted by atomic mass is 10.2. The molecule has 0 atom stereocenters. The number of anilines is 1. The molecule has 1 heterocycles. The van der Waals surface area contributed by atoms with E-state index in [2.05, 4.69) is 11.8 Å². The predicted molar refractivity (Wildman–Crippen MR) is 118 cm³/mol. The van der Waals surface area contributed by atoms with E-state index in [0.29, 0.717) is 30.1 Å². The molecule has 7 nitrogen and oxygen atoms in total. The summed E-state index contributed by atoms with van der Waals surface area (Å²) < 4.78 is 44.6. The van der Waals surface area contributed by atoms with E-state index in [1.165, 1.54) is 16.4 Å². The van der Waals surface area contributed by atoms with Crippen LogP contribution in [0.15, 0.2) is 48.5 Å². The fourth-order valence-electron chi connectivity index (χ4n) is 3.41. The second-order valence-corrected chi connectivity index (χ2v) is 9.40. The Balaban J connectivity index is 1.60. The van der Waals surface area contributed by atoms with Crippen molar-refractivity contribution in [2.75, 3.05) is 49.9 Å². The smallest absolute Gasteiger partial charge is 0.260 e. The van der Waals surface area contributed by atoms with Crippen LogP contribution in [0.2, 0.25) is 0 Å². The van der Waals surface area contributed by atoms with Gasteiger partial charge in [-0.05, 0) is 48.5 Å². The van der Waals surface area contributed by atoms with Crippen molar-refractivity contribution < 1.29 is 22.3 Å². The molecule has 3 rings (SSSR count). The van der Waals surface area contributed by atoms with Crippen LogP contribution in [-0.4, -0.2) is 69.7 Å². The average Bonchev–Trinajstić information content (AvgIpc) is 2.77. The van der Waals surface area contributed by atoms with Gasteiger partial charge in [-0.3, -0.25) is 9.10 Å². The molecule has 0 spiro atoms. The predicted octanol–water partition coefficient (Wildman–Crippen LogP) is 2.33. The molecule has 9 heteroatoms. The van der Waals surface area contributed by atoms with Crippen LogP contribution in [-0.2, 0) is 21.4 Å². The minimum absolute atomic E-state index is 0.0587. The van der Waals surface area contributed by atoms with Gasteiger partial charge in [0.1, 0.15) is 11.6 Å². The Morgan fingerprint density at radius 2 is 1.65 bits per heavy atom. The summed E-state index contributed by atoms with van der Waals surface area (Å²) in [4.78, 5) is 16.5. The maximum absolute atomic E-state index is 13.1. The van der Waals surface area contributed by atoms with Crippen LogP contribution < -0.4 is 9.04 Å². The zero-order valence-corrected chi connectivity index (χ0v) is 18.6. The number of carbonyl (C=O) groups is 1. The summed E-state index contributed by atoms with van der Waals surface area (Å²) in [5, 5.41) is 0. The van der Waals surface area contributed by atoms with Gasteiger partial charge in [-0.2, -0.15) is 0 Å². The molecule has 1 saturated heterocycles. The van der Waals surface area contributed by atoms with E-state index in [4.69, 9.17) is 4.74 Å². The van der Waals surface area contributed by atoms with Gasteiger partial charge in [0.25, 0.3) is 5.91 Å². The van der Waals surface area contributed by atoms with Crippen molar-refractivity contribution in [3.05, 3.63) is 59.9 Å². The molecule has 31 heavy (non-hydrogen) atoms. The van der Waals surface area contributed by atoms with Crippen molar-refractivity contribution in [3.8, 4) is 5.75 Å². The van der Waals surface area contributed by atoms with Gasteiger partial charge in [-0.15, -0.1) is 0 Å². The number of amides is 1. The number of nitrogens with zero attached hydrogens (tertiary/aromatic N) is 3. The van der Waals surface area contributed by atoms with Crippen molar-refractivity contribution in [1.29, 1.82) is 0 Å². The van der Waals surface area contributed by atoms with Crippen LogP contribution in [0.5, 0.6) is 5.75 Å². The molecule has 0 bridgehead atoms. The summed E-state index contributed by atoms with van der Waals surface area (Å²) in [6.45, 7) is 6.24. The van der Waals surface area contributed by atoms with E-state index in [1.807, 2.05) is 0 Å². The molecule has 0 radical (unpaired) electrons. The molecule has 0 saturated carbocycles. The van der Waals surface area contributed by atoms with Gasteiger partial charge in [-0.25, -0.2) is 12.8 Å². The standard InChI is InChI=1S/C22H28FN3O4S/c1-3-24-12-14-25(15-13-24)22(27)17-30-21-10-8-20(9-11-21)26(31(2,28)29)16-18-4-6-19(23)7-5-18/h4-11H,3,12-17H2,1-2H3. The number of benzene rings is 2.